The molecule has 1 heterocycles. The number of nitrogens with zero attached hydrogens (tertiary/aromatic N) is 2. The number of benzene rings is 1. The number of hydrogen-bond donors (Lipinski definition) is 0. The third-order valence-corrected chi connectivity index (χ3v) is 3.55. The van der Waals surface area contributed by atoms with Gasteiger partial charge in [0.2, 0.25) is 0 Å². The van der Waals surface area contributed by atoms with Gasteiger partial charge >= 0.3 is 0 Å². The molecule has 0 bridgehead atoms. The molecule has 108 valence electrons. The molecule has 1 aromatic carbocycles. The summed E-state index contributed by atoms with van der Waals surface area (Å²) in [7, 11) is 2.05. The van der Waals surface area contributed by atoms with E-state index in [-0.39, 0.29) is 10.8 Å². The molecular weight excluding hydrogens is 244 g/mol. The van der Waals surface area contributed by atoms with E-state index in [0.29, 0.717) is 0 Å². The normalized spacial score (nSPS) is 12.8. The Kier molecular flexibility index (Phi) is 3.53. The van der Waals surface area contributed by atoms with Gasteiger partial charge in [-0.25, -0.2) is 0 Å². The Morgan fingerprint density at radius 3 is 1.85 bits per heavy atom. The topological polar surface area (TPSA) is 17.8 Å². The zero-order valence-corrected chi connectivity index (χ0v) is 13.8. The van der Waals surface area contributed by atoms with Crippen LogP contribution < -0.4 is 0 Å². The molecule has 0 aliphatic carbocycles. The molecule has 0 fully saturated rings. The van der Waals surface area contributed by atoms with Crippen molar-refractivity contribution in [2.45, 2.75) is 52.4 Å². The summed E-state index contributed by atoms with van der Waals surface area (Å²) >= 11 is 0. The molecular formula is C18H26N2. The molecule has 20 heavy (non-hydrogen) atoms. The summed E-state index contributed by atoms with van der Waals surface area (Å²) in [5, 5.41) is 4.84. The van der Waals surface area contributed by atoms with E-state index >= 15 is 0 Å². The van der Waals surface area contributed by atoms with Crippen molar-refractivity contribution in [3.05, 3.63) is 41.6 Å². The van der Waals surface area contributed by atoms with E-state index in [1.165, 1.54) is 22.5 Å². The first-order chi connectivity index (χ1) is 9.12. The fourth-order valence-corrected chi connectivity index (χ4v) is 2.69. The summed E-state index contributed by atoms with van der Waals surface area (Å²) in [6, 6.07) is 10.6. The van der Waals surface area contributed by atoms with Crippen molar-refractivity contribution in [1.82, 2.24) is 9.78 Å². The standard InChI is InChI=1S/C18H26N2/c1-17(2,3)14-15(13-11-9-8-10-12-13)20(7)19-16(14)18(4,5)6/h8-12H,1-7H3. The first-order valence-corrected chi connectivity index (χ1v) is 7.26. The van der Waals surface area contributed by atoms with Crippen molar-refractivity contribution in [2.75, 3.05) is 0 Å². The lowest BCUT2D eigenvalue weighted by Crippen LogP contribution is -2.21. The highest BCUT2D eigenvalue weighted by Gasteiger charge is 2.32. The van der Waals surface area contributed by atoms with Crippen molar-refractivity contribution in [1.29, 1.82) is 0 Å². The smallest absolute Gasteiger partial charge is 0.0721 e. The van der Waals surface area contributed by atoms with E-state index in [9.17, 15) is 0 Å². The summed E-state index contributed by atoms with van der Waals surface area (Å²) in [6.07, 6.45) is 0. The van der Waals surface area contributed by atoms with Gasteiger partial charge in [0, 0.05) is 23.6 Å². The van der Waals surface area contributed by atoms with Crippen molar-refractivity contribution < 1.29 is 0 Å². The molecule has 0 saturated heterocycles. The highest BCUT2D eigenvalue weighted by Crippen LogP contribution is 2.39. The van der Waals surface area contributed by atoms with Crippen LogP contribution in [0.15, 0.2) is 30.3 Å². The second-order valence-electron chi connectivity index (χ2n) is 7.56. The first kappa shape index (κ1) is 14.8. The maximum Gasteiger partial charge on any atom is 0.0721 e. The van der Waals surface area contributed by atoms with Crippen LogP contribution in [0, 0.1) is 0 Å². The molecule has 1 aromatic heterocycles. The Morgan fingerprint density at radius 1 is 0.850 bits per heavy atom. The largest absolute Gasteiger partial charge is 0.267 e. The van der Waals surface area contributed by atoms with E-state index in [4.69, 9.17) is 5.10 Å². The Balaban J connectivity index is 2.79. The molecule has 0 amide bonds. The quantitative estimate of drug-likeness (QED) is 0.735. The summed E-state index contributed by atoms with van der Waals surface area (Å²) < 4.78 is 2.04. The third-order valence-electron chi connectivity index (χ3n) is 3.55. The highest BCUT2D eigenvalue weighted by atomic mass is 15.3. The van der Waals surface area contributed by atoms with E-state index in [2.05, 4.69) is 71.9 Å². The average Bonchev–Trinajstić information content (AvgIpc) is 2.67. The van der Waals surface area contributed by atoms with Gasteiger partial charge < -0.3 is 0 Å². The van der Waals surface area contributed by atoms with E-state index in [1.54, 1.807) is 0 Å². The number of aryl methyl sites for hydroxylation is 1. The average molecular weight is 270 g/mol. The van der Waals surface area contributed by atoms with Crippen LogP contribution in [0.4, 0.5) is 0 Å². The van der Waals surface area contributed by atoms with Crippen LogP contribution in [-0.4, -0.2) is 9.78 Å². The Labute approximate surface area is 122 Å². The monoisotopic (exact) mass is 270 g/mol. The van der Waals surface area contributed by atoms with Gasteiger partial charge in [0.1, 0.15) is 0 Å². The molecule has 0 radical (unpaired) electrons. The third kappa shape index (κ3) is 2.65. The zero-order valence-electron chi connectivity index (χ0n) is 13.8. The molecule has 0 unspecified atom stereocenters. The van der Waals surface area contributed by atoms with Crippen LogP contribution in [0.2, 0.25) is 0 Å². The molecule has 0 N–H and O–H groups in total. The minimum absolute atomic E-state index is 0.0490. The lowest BCUT2D eigenvalue weighted by atomic mass is 9.77. The molecule has 0 saturated carbocycles. The molecule has 2 rings (SSSR count). The Morgan fingerprint density at radius 2 is 1.40 bits per heavy atom. The summed E-state index contributed by atoms with van der Waals surface area (Å²) in [4.78, 5) is 0. The molecule has 0 atom stereocenters. The van der Waals surface area contributed by atoms with Gasteiger partial charge in [-0.1, -0.05) is 71.9 Å². The van der Waals surface area contributed by atoms with Crippen LogP contribution in [0.3, 0.4) is 0 Å². The second-order valence-corrected chi connectivity index (χ2v) is 7.56. The molecule has 0 aliphatic rings. The molecule has 2 aromatic rings. The minimum atomic E-state index is 0.0490. The Bertz CT molecular complexity index is 593. The van der Waals surface area contributed by atoms with Gasteiger partial charge in [-0.15, -0.1) is 0 Å². The lowest BCUT2D eigenvalue weighted by molar-refractivity contribution is 0.517. The summed E-state index contributed by atoms with van der Waals surface area (Å²) in [5.41, 5.74) is 5.16. The number of hydrogen-bond acceptors (Lipinski definition) is 1. The van der Waals surface area contributed by atoms with Crippen molar-refractivity contribution in [3.8, 4) is 11.3 Å². The molecule has 0 aliphatic heterocycles. The van der Waals surface area contributed by atoms with Crippen LogP contribution in [0.1, 0.15) is 52.8 Å². The zero-order chi connectivity index (χ0) is 15.1. The predicted octanol–water partition coefficient (Wildman–Crippen LogP) is 4.68. The summed E-state index contributed by atoms with van der Waals surface area (Å²) in [5.74, 6) is 0. The fraction of sp³-hybridized carbons (Fsp3) is 0.500. The predicted molar refractivity (Wildman–Crippen MR) is 86.0 cm³/mol. The van der Waals surface area contributed by atoms with E-state index in [0.717, 1.165) is 0 Å². The van der Waals surface area contributed by atoms with Crippen molar-refractivity contribution in [2.24, 2.45) is 7.05 Å². The molecule has 2 heteroatoms. The van der Waals surface area contributed by atoms with Gasteiger partial charge in [-0.2, -0.15) is 5.10 Å². The first-order valence-electron chi connectivity index (χ1n) is 7.26. The maximum atomic E-state index is 4.84. The van der Waals surface area contributed by atoms with Gasteiger partial charge in [-0.3, -0.25) is 4.68 Å². The van der Waals surface area contributed by atoms with Crippen LogP contribution in [-0.2, 0) is 17.9 Å². The van der Waals surface area contributed by atoms with Crippen molar-refractivity contribution in [3.63, 3.8) is 0 Å². The highest BCUT2D eigenvalue weighted by molar-refractivity contribution is 5.67. The van der Waals surface area contributed by atoms with Crippen LogP contribution >= 0.6 is 0 Å². The number of aromatic nitrogens is 2. The summed E-state index contributed by atoms with van der Waals surface area (Å²) in [6.45, 7) is 13.5. The Hall–Kier alpha value is -1.57. The SMILES string of the molecule is Cn1nc(C(C)(C)C)c(C(C)(C)C)c1-c1ccccc1. The van der Waals surface area contributed by atoms with Gasteiger partial charge in [0.05, 0.1) is 11.4 Å². The van der Waals surface area contributed by atoms with Crippen LogP contribution in [0.25, 0.3) is 11.3 Å². The minimum Gasteiger partial charge on any atom is -0.267 e. The molecule has 0 spiro atoms. The second kappa shape index (κ2) is 4.76. The van der Waals surface area contributed by atoms with E-state index < -0.39 is 0 Å². The van der Waals surface area contributed by atoms with Gasteiger partial charge in [0.25, 0.3) is 0 Å². The van der Waals surface area contributed by atoms with Gasteiger partial charge in [0.15, 0.2) is 0 Å². The van der Waals surface area contributed by atoms with E-state index in [1.807, 2.05) is 11.7 Å². The number of rotatable bonds is 1. The maximum absolute atomic E-state index is 4.84. The lowest BCUT2D eigenvalue weighted by Gasteiger charge is -2.26. The fourth-order valence-electron chi connectivity index (χ4n) is 2.69. The molecule has 2 nitrogen and oxygen atoms in total. The van der Waals surface area contributed by atoms with Crippen LogP contribution in [0.5, 0.6) is 0 Å². The van der Waals surface area contributed by atoms with Crippen molar-refractivity contribution >= 4 is 0 Å². The van der Waals surface area contributed by atoms with Gasteiger partial charge in [-0.05, 0) is 5.41 Å².